The fourth-order valence-corrected chi connectivity index (χ4v) is 6.52. The van der Waals surface area contributed by atoms with Crippen molar-refractivity contribution in [1.82, 2.24) is 25.1 Å². The van der Waals surface area contributed by atoms with Crippen molar-refractivity contribution in [2.75, 3.05) is 37.7 Å². The number of anilines is 1. The van der Waals surface area contributed by atoms with Crippen molar-refractivity contribution < 1.29 is 9.53 Å². The van der Waals surface area contributed by atoms with Crippen molar-refractivity contribution in [3.8, 4) is 11.5 Å². The van der Waals surface area contributed by atoms with Crippen molar-refractivity contribution in [3.63, 3.8) is 0 Å². The normalized spacial score (nSPS) is 26.9. The molecule has 35 heavy (non-hydrogen) atoms. The summed E-state index contributed by atoms with van der Waals surface area (Å²) in [6.07, 6.45) is 2.14. The van der Waals surface area contributed by atoms with Gasteiger partial charge in [-0.1, -0.05) is 13.8 Å². The number of carbonyl (C=O) groups is 1. The largest absolute Gasteiger partial charge is 0.379 e. The smallest absolute Gasteiger partial charge is 0.244 e. The number of morpholine rings is 1. The maximum Gasteiger partial charge on any atom is 0.244 e. The number of amides is 1. The molecule has 3 heterocycles. The lowest BCUT2D eigenvalue weighted by molar-refractivity contribution is -0.124. The van der Waals surface area contributed by atoms with Crippen LogP contribution in [-0.4, -0.2) is 69.9 Å². The Morgan fingerprint density at radius 3 is 2.86 bits per heavy atom. The Morgan fingerprint density at radius 1 is 1.34 bits per heavy atom. The first-order valence-corrected chi connectivity index (χ1v) is 13.0. The lowest BCUT2D eigenvalue weighted by Gasteiger charge is -2.34. The predicted molar refractivity (Wildman–Crippen MR) is 136 cm³/mol. The SMILES string of the molecule is CCN(C(=O)[C@H](C)N1CCOCC1)c1cc2nc(-c3n[nH]c4c3CC3[C@H](C)[C@]3(C)C4)[nH]c2cc1C. The van der Waals surface area contributed by atoms with E-state index in [-0.39, 0.29) is 11.9 Å². The Bertz CT molecular complexity index is 1290. The highest BCUT2D eigenvalue weighted by molar-refractivity contribution is 5.99. The molecular formula is C27H36N6O2. The molecule has 0 spiro atoms. The molecule has 1 unspecified atom stereocenters. The van der Waals surface area contributed by atoms with Gasteiger partial charge in [0, 0.05) is 36.6 Å². The first-order valence-electron chi connectivity index (χ1n) is 13.0. The molecule has 8 nitrogen and oxygen atoms in total. The zero-order chi connectivity index (χ0) is 24.5. The molecule has 6 rings (SSSR count). The van der Waals surface area contributed by atoms with Gasteiger partial charge < -0.3 is 14.6 Å². The van der Waals surface area contributed by atoms with E-state index in [2.05, 4.69) is 53.0 Å². The van der Waals surface area contributed by atoms with Gasteiger partial charge in [0.1, 0.15) is 5.69 Å². The van der Waals surface area contributed by atoms with E-state index in [4.69, 9.17) is 9.72 Å². The summed E-state index contributed by atoms with van der Waals surface area (Å²) >= 11 is 0. The van der Waals surface area contributed by atoms with Crippen LogP contribution in [0.15, 0.2) is 12.1 Å². The number of imidazole rings is 1. The molecule has 2 N–H and O–H groups in total. The van der Waals surface area contributed by atoms with Gasteiger partial charge in [0.2, 0.25) is 5.91 Å². The van der Waals surface area contributed by atoms with E-state index in [0.717, 1.165) is 71.6 Å². The molecule has 2 aromatic heterocycles. The van der Waals surface area contributed by atoms with Crippen molar-refractivity contribution >= 4 is 22.6 Å². The third-order valence-corrected chi connectivity index (χ3v) is 9.16. The van der Waals surface area contributed by atoms with Gasteiger partial charge in [0.25, 0.3) is 0 Å². The molecule has 2 aliphatic carbocycles. The standard InChI is InChI=1S/C27H36N6O2/c1-6-33(26(34)17(4)32-7-9-35-10-8-32)23-13-21-20(11-15(23)2)28-25(29-21)24-18-12-19-16(3)27(19,5)14-22(18)30-31-24/h11,13,16-17,19H,6-10,12,14H2,1-5H3,(H,28,29)(H,30,31)/t16-,17-,19?,27-/m0/s1. The van der Waals surface area contributed by atoms with Crippen molar-refractivity contribution in [1.29, 1.82) is 0 Å². The van der Waals surface area contributed by atoms with E-state index in [0.29, 0.717) is 25.2 Å². The number of likely N-dealkylation sites (N-methyl/N-ethyl adjacent to an activating group) is 1. The highest BCUT2D eigenvalue weighted by atomic mass is 16.5. The molecule has 1 aliphatic heterocycles. The van der Waals surface area contributed by atoms with E-state index in [1.807, 2.05) is 18.7 Å². The Hall–Kier alpha value is -2.71. The molecular weight excluding hydrogens is 440 g/mol. The van der Waals surface area contributed by atoms with Crippen LogP contribution in [0.2, 0.25) is 0 Å². The molecule has 3 aliphatic rings. The fraction of sp³-hybridized carbons (Fsp3) is 0.593. The van der Waals surface area contributed by atoms with Crippen LogP contribution in [0.25, 0.3) is 22.6 Å². The van der Waals surface area contributed by atoms with Gasteiger partial charge in [-0.3, -0.25) is 14.8 Å². The maximum atomic E-state index is 13.5. The number of benzene rings is 1. The number of hydrogen-bond acceptors (Lipinski definition) is 5. The number of aromatic nitrogens is 4. The number of H-pyrrole nitrogens is 2. The number of hydrogen-bond donors (Lipinski definition) is 2. The van der Waals surface area contributed by atoms with E-state index >= 15 is 0 Å². The lowest BCUT2D eigenvalue weighted by Crippen LogP contribution is -2.51. The van der Waals surface area contributed by atoms with E-state index in [1.54, 1.807) is 0 Å². The molecule has 0 bridgehead atoms. The van der Waals surface area contributed by atoms with Crippen molar-refractivity contribution in [2.45, 2.75) is 53.5 Å². The molecule has 4 atom stereocenters. The summed E-state index contributed by atoms with van der Waals surface area (Å²) in [4.78, 5) is 26.1. The highest BCUT2D eigenvalue weighted by Crippen LogP contribution is 2.64. The summed E-state index contributed by atoms with van der Waals surface area (Å²) in [5.74, 6) is 2.43. The molecule has 3 aromatic rings. The summed E-state index contributed by atoms with van der Waals surface area (Å²) in [6, 6.07) is 3.97. The molecule has 1 amide bonds. The summed E-state index contributed by atoms with van der Waals surface area (Å²) in [5.41, 5.74) is 7.77. The molecule has 0 radical (unpaired) electrons. The van der Waals surface area contributed by atoms with Crippen molar-refractivity contribution in [2.24, 2.45) is 17.3 Å². The molecule has 2 fully saturated rings. The van der Waals surface area contributed by atoms with Gasteiger partial charge in [-0.25, -0.2) is 4.98 Å². The number of fused-ring (bicyclic) bond motifs is 3. The molecule has 1 aromatic carbocycles. The number of aryl methyl sites for hydroxylation is 1. The average molecular weight is 477 g/mol. The molecule has 186 valence electrons. The molecule has 1 saturated heterocycles. The Balaban J connectivity index is 1.31. The van der Waals surface area contributed by atoms with Gasteiger partial charge in [0.05, 0.1) is 30.3 Å². The Kier molecular flexibility index (Phi) is 5.30. The minimum Gasteiger partial charge on any atom is -0.379 e. The van der Waals surface area contributed by atoms with Gasteiger partial charge >= 0.3 is 0 Å². The number of rotatable bonds is 5. The average Bonchev–Trinajstić information content (AvgIpc) is 3.19. The summed E-state index contributed by atoms with van der Waals surface area (Å²) in [7, 11) is 0. The first-order chi connectivity index (χ1) is 16.8. The second-order valence-electron chi connectivity index (χ2n) is 11.0. The topological polar surface area (TPSA) is 90.1 Å². The van der Waals surface area contributed by atoms with Crippen LogP contribution in [0.3, 0.4) is 0 Å². The minimum atomic E-state index is -0.185. The van der Waals surface area contributed by atoms with E-state index in [1.165, 1.54) is 11.3 Å². The van der Waals surface area contributed by atoms with Crippen LogP contribution in [0.5, 0.6) is 0 Å². The van der Waals surface area contributed by atoms with Gasteiger partial charge in [-0.2, -0.15) is 5.10 Å². The predicted octanol–water partition coefficient (Wildman–Crippen LogP) is 3.71. The fourth-order valence-electron chi connectivity index (χ4n) is 6.52. The second-order valence-corrected chi connectivity index (χ2v) is 11.0. The number of nitrogens with zero attached hydrogens (tertiary/aromatic N) is 4. The highest BCUT2D eigenvalue weighted by Gasteiger charge is 2.60. The Morgan fingerprint density at radius 2 is 2.11 bits per heavy atom. The summed E-state index contributed by atoms with van der Waals surface area (Å²) in [6.45, 7) is 14.4. The van der Waals surface area contributed by atoms with Gasteiger partial charge in [0.15, 0.2) is 5.82 Å². The molecule has 8 heteroatoms. The van der Waals surface area contributed by atoms with Crippen LogP contribution in [0.1, 0.15) is 44.5 Å². The summed E-state index contributed by atoms with van der Waals surface area (Å²) < 4.78 is 5.47. The third-order valence-electron chi connectivity index (χ3n) is 9.16. The summed E-state index contributed by atoms with van der Waals surface area (Å²) in [5, 5.41) is 7.98. The zero-order valence-electron chi connectivity index (χ0n) is 21.4. The first kappa shape index (κ1) is 22.7. The van der Waals surface area contributed by atoms with Crippen LogP contribution < -0.4 is 4.90 Å². The van der Waals surface area contributed by atoms with E-state index < -0.39 is 0 Å². The maximum absolute atomic E-state index is 13.5. The monoisotopic (exact) mass is 476 g/mol. The minimum absolute atomic E-state index is 0.121. The quantitative estimate of drug-likeness (QED) is 0.586. The lowest BCUT2D eigenvalue weighted by atomic mass is 9.87. The number of carbonyl (C=O) groups excluding carboxylic acids is 1. The number of nitrogens with one attached hydrogen (secondary N) is 2. The number of aromatic amines is 2. The van der Waals surface area contributed by atoms with Crippen LogP contribution in [-0.2, 0) is 22.4 Å². The van der Waals surface area contributed by atoms with Gasteiger partial charge in [-0.05, 0) is 68.6 Å². The zero-order valence-corrected chi connectivity index (χ0v) is 21.4. The second kappa shape index (κ2) is 8.17. The Labute approximate surface area is 206 Å². The van der Waals surface area contributed by atoms with Crippen LogP contribution in [0.4, 0.5) is 5.69 Å². The van der Waals surface area contributed by atoms with E-state index in [9.17, 15) is 4.79 Å². The van der Waals surface area contributed by atoms with Gasteiger partial charge in [-0.15, -0.1) is 0 Å². The number of ether oxygens (including phenoxy) is 1. The third kappa shape index (κ3) is 3.52. The van der Waals surface area contributed by atoms with Crippen molar-refractivity contribution in [3.05, 3.63) is 29.0 Å². The molecule has 1 saturated carbocycles. The van der Waals surface area contributed by atoms with Crippen LogP contribution >= 0.6 is 0 Å². The van der Waals surface area contributed by atoms with Crippen LogP contribution in [0, 0.1) is 24.2 Å².